The van der Waals surface area contributed by atoms with Crippen LogP contribution in [0.1, 0.15) is 14.3 Å². The largest absolute Gasteiger partial charge is 1.00 e. The zero-order valence-electron chi connectivity index (χ0n) is 19.7. The van der Waals surface area contributed by atoms with Crippen molar-refractivity contribution in [2.75, 3.05) is 0 Å². The SMILES string of the molecule is BBBBBBBBBB.[H-].[H-].[H-].[H-].[H-].[H-].[H-].[H-].[H-].[H-].[K+].[K+]. The first-order chi connectivity index (χ1) is 4.91. The standard InChI is InChI=1S/B10H12.2K.10H/c1-3-5-7-9-10-8-6-4-2;;;;;;;;;;;;/h3-10H,1-2H2;;;;;;;;;;;;/q;2*+1;10*-1. The van der Waals surface area contributed by atoms with Gasteiger partial charge < -0.3 is 14.3 Å². The molecule has 0 aromatic carbocycles. The average molecular weight is 208 g/mol. The third-order valence-electron chi connectivity index (χ3n) is 1.96. The van der Waals surface area contributed by atoms with Gasteiger partial charge in [-0.05, 0) is 0 Å². The first-order valence-corrected chi connectivity index (χ1v) is 4.91. The van der Waals surface area contributed by atoms with Gasteiger partial charge in [-0.15, -0.1) is 0 Å². The average Bonchev–Trinajstić information content (AvgIpc) is 1.97. The van der Waals surface area contributed by atoms with Crippen LogP contribution in [0.2, 0.25) is 0 Å². The van der Waals surface area contributed by atoms with Gasteiger partial charge in [-0.1, -0.05) is 0 Å². The van der Waals surface area contributed by atoms with E-state index in [0.29, 0.717) is 0 Å². The molecule has 62 valence electrons. The van der Waals surface area contributed by atoms with Crippen molar-refractivity contribution in [3.05, 3.63) is 0 Å². The zero-order valence-corrected chi connectivity index (χ0v) is 15.9. The number of hydrogen-bond acceptors (Lipinski definition) is 0. The van der Waals surface area contributed by atoms with Crippen molar-refractivity contribution in [2.45, 2.75) is 0 Å². The molecule has 0 aliphatic rings. The molecule has 0 amide bonds. The van der Waals surface area contributed by atoms with Crippen LogP contribution in [0.3, 0.4) is 0 Å². The summed E-state index contributed by atoms with van der Waals surface area (Å²) in [5.41, 5.74) is 0. The van der Waals surface area contributed by atoms with Crippen molar-refractivity contribution < 1.29 is 117 Å². The first-order valence-electron chi connectivity index (χ1n) is 4.91. The monoisotopic (exact) mass is 210 g/mol. The molecule has 0 aliphatic carbocycles. The Hall–Kier alpha value is 3.92. The molecule has 0 bridgehead atoms. The summed E-state index contributed by atoms with van der Waals surface area (Å²) in [6.07, 6.45) is 0. The topological polar surface area (TPSA) is 0 Å². The van der Waals surface area contributed by atoms with Gasteiger partial charge in [0, 0.05) is 56.5 Å². The van der Waals surface area contributed by atoms with E-state index in [9.17, 15) is 0 Å². The summed E-state index contributed by atoms with van der Waals surface area (Å²) in [4.78, 5) is 0. The van der Waals surface area contributed by atoms with Crippen molar-refractivity contribution in [3.63, 3.8) is 0 Å². The predicted octanol–water partition coefficient (Wildman–Crippen LogP) is -11.9. The van der Waals surface area contributed by atoms with Gasteiger partial charge in [0.25, 0.3) is 0 Å². The van der Waals surface area contributed by atoms with Gasteiger partial charge >= 0.3 is 103 Å². The summed E-state index contributed by atoms with van der Waals surface area (Å²) in [6.45, 7) is 0. The molecule has 0 unspecified atom stereocenters. The normalized spacial score (nSPS) is 5.67. The molecule has 0 saturated carbocycles. The summed E-state index contributed by atoms with van der Waals surface area (Å²) in [7, 11) is 16.0. The van der Waals surface area contributed by atoms with Crippen LogP contribution in [0.25, 0.3) is 0 Å². The first kappa shape index (κ1) is 21.2. The molecule has 0 N–H and O–H groups in total. The van der Waals surface area contributed by atoms with Crippen LogP contribution in [0.5, 0.6) is 0 Å². The molecule has 0 fully saturated rings. The van der Waals surface area contributed by atoms with E-state index >= 15 is 0 Å². The Morgan fingerprint density at radius 3 is 1.08 bits per heavy atom. The van der Waals surface area contributed by atoms with Crippen molar-refractivity contribution in [3.8, 4) is 0 Å². The van der Waals surface area contributed by atoms with E-state index < -0.39 is 0 Å². The van der Waals surface area contributed by atoms with Gasteiger partial charge in [0.15, 0.2) is 0 Å². The summed E-state index contributed by atoms with van der Waals surface area (Å²) in [5.74, 6) is 0. The molecule has 0 spiro atoms. The van der Waals surface area contributed by atoms with Crippen LogP contribution in [-0.2, 0) is 0 Å². The summed E-state index contributed by atoms with van der Waals surface area (Å²) in [5, 5.41) is 0. The maximum atomic E-state index is 2.27. The minimum Gasteiger partial charge on any atom is -1.00 e. The van der Waals surface area contributed by atoms with Crippen molar-refractivity contribution in [1.82, 2.24) is 0 Å². The molecule has 0 aromatic rings. The van der Waals surface area contributed by atoms with Crippen molar-refractivity contribution >= 4 is 72.0 Å². The number of hydrogen-bond donors (Lipinski definition) is 0. The van der Waals surface area contributed by atoms with Crippen molar-refractivity contribution in [2.24, 2.45) is 0 Å². The fraction of sp³-hybridized carbons (Fsp3) is 0. The Labute approximate surface area is 185 Å². The molecular formula is H22B10K2-8. The Morgan fingerprint density at radius 1 is 0.583 bits per heavy atom. The Morgan fingerprint density at radius 2 is 0.833 bits per heavy atom. The van der Waals surface area contributed by atoms with Crippen LogP contribution in [0, 0.1) is 0 Å². The Bertz CT molecular complexity index is 69.7. The van der Waals surface area contributed by atoms with Gasteiger partial charge in [-0.2, -0.15) is 0 Å². The third-order valence-corrected chi connectivity index (χ3v) is 1.96. The second-order valence-electron chi connectivity index (χ2n) is 3.12. The van der Waals surface area contributed by atoms with Gasteiger partial charge in [-0.25, -0.2) is 0 Å². The van der Waals surface area contributed by atoms with Crippen LogP contribution >= 0.6 is 0 Å². The molecule has 0 atom stereocenters. The maximum Gasteiger partial charge on any atom is 1.00 e. The fourth-order valence-electron chi connectivity index (χ4n) is 1.21. The van der Waals surface area contributed by atoms with Crippen LogP contribution in [0.15, 0.2) is 0 Å². The van der Waals surface area contributed by atoms with Gasteiger partial charge in [0.05, 0.1) is 15.5 Å². The van der Waals surface area contributed by atoms with Crippen LogP contribution < -0.4 is 103 Å². The molecular weight excluding hydrogens is 186 g/mol. The molecule has 12 heteroatoms. The van der Waals surface area contributed by atoms with Gasteiger partial charge in [0.2, 0.25) is 0 Å². The Balaban J connectivity index is -0.00000000614. The van der Waals surface area contributed by atoms with E-state index in [0.717, 1.165) is 0 Å². The van der Waals surface area contributed by atoms with Gasteiger partial charge in [-0.3, -0.25) is 0 Å². The molecule has 0 nitrogen and oxygen atoms in total. The second kappa shape index (κ2) is 20.3. The van der Waals surface area contributed by atoms with E-state index in [-0.39, 0.29) is 117 Å². The van der Waals surface area contributed by atoms with E-state index in [1.165, 1.54) is 56.5 Å². The molecule has 0 aromatic heterocycles. The Kier molecular flexibility index (Phi) is 36.0. The summed E-state index contributed by atoms with van der Waals surface area (Å²) in [6, 6.07) is 0. The number of rotatable bonds is 7. The molecule has 12 heavy (non-hydrogen) atoms. The summed E-state index contributed by atoms with van der Waals surface area (Å²) >= 11 is 0. The van der Waals surface area contributed by atoms with E-state index in [1.54, 1.807) is 0 Å². The molecule has 0 heterocycles. The molecule has 0 saturated heterocycles. The van der Waals surface area contributed by atoms with E-state index in [2.05, 4.69) is 15.5 Å². The van der Waals surface area contributed by atoms with Gasteiger partial charge in [0.1, 0.15) is 0 Å². The molecule has 0 radical (unpaired) electrons. The van der Waals surface area contributed by atoms with E-state index in [4.69, 9.17) is 0 Å². The zero-order chi connectivity index (χ0) is 7.66. The molecule has 0 rings (SSSR count). The quantitative estimate of drug-likeness (QED) is 0.288. The molecule has 0 aliphatic heterocycles. The minimum atomic E-state index is 0. The summed E-state index contributed by atoms with van der Waals surface area (Å²) < 4.78 is 0. The van der Waals surface area contributed by atoms with Crippen LogP contribution in [-0.4, -0.2) is 72.0 Å². The fourth-order valence-corrected chi connectivity index (χ4v) is 1.21. The third kappa shape index (κ3) is 19.5. The smallest absolute Gasteiger partial charge is 1.00 e. The maximum absolute atomic E-state index is 2.27. The minimum absolute atomic E-state index is 0. The van der Waals surface area contributed by atoms with Crippen molar-refractivity contribution in [1.29, 1.82) is 0 Å². The van der Waals surface area contributed by atoms with Crippen LogP contribution in [0.4, 0.5) is 0 Å². The van der Waals surface area contributed by atoms with E-state index in [1.807, 2.05) is 0 Å². The predicted molar refractivity (Wildman–Crippen MR) is 85.4 cm³/mol. The second-order valence-corrected chi connectivity index (χ2v) is 3.12.